The summed E-state index contributed by atoms with van der Waals surface area (Å²) in [5, 5.41) is 8.54. The molecule has 0 amide bonds. The Morgan fingerprint density at radius 2 is 1.85 bits per heavy atom. The van der Waals surface area contributed by atoms with Gasteiger partial charge in [-0.25, -0.2) is 0 Å². The number of hydrogen-bond donors (Lipinski definition) is 2. The van der Waals surface area contributed by atoms with E-state index in [-0.39, 0.29) is 0 Å². The number of hydrogen-bond acceptors (Lipinski definition) is 3. The molecule has 1 rings (SSSR count). The van der Waals surface area contributed by atoms with Crippen LogP contribution in [-0.4, -0.2) is 30.5 Å². The maximum Gasteiger partial charge on any atom is 0.0604 e. The van der Waals surface area contributed by atoms with Crippen molar-refractivity contribution in [3.05, 3.63) is 0 Å². The molecule has 0 saturated heterocycles. The quantitative estimate of drug-likeness (QED) is 0.586. The summed E-state index contributed by atoms with van der Waals surface area (Å²) in [6.07, 6.45) is 6.84. The molecule has 0 bridgehead atoms. The minimum absolute atomic E-state index is 0.318. The van der Waals surface area contributed by atoms with Crippen LogP contribution in [0.1, 0.15) is 38.5 Å². The van der Waals surface area contributed by atoms with E-state index in [2.05, 4.69) is 0 Å². The first kappa shape index (κ1) is 11.0. The second-order valence-electron chi connectivity index (χ2n) is 3.86. The van der Waals surface area contributed by atoms with Gasteiger partial charge >= 0.3 is 0 Å². The van der Waals surface area contributed by atoms with Crippen LogP contribution in [0.4, 0.5) is 0 Å². The first-order chi connectivity index (χ1) is 6.33. The molecule has 0 aromatic carbocycles. The molecule has 0 atom stereocenters. The predicted molar refractivity (Wildman–Crippen MR) is 52.5 cm³/mol. The SMILES string of the molecule is NC1CC(OCCCCCCO)C1. The highest BCUT2D eigenvalue weighted by molar-refractivity contribution is 4.82. The van der Waals surface area contributed by atoms with Crippen LogP contribution in [0.5, 0.6) is 0 Å². The summed E-state index contributed by atoms with van der Waals surface area (Å²) in [6.45, 7) is 1.18. The summed E-state index contributed by atoms with van der Waals surface area (Å²) in [6, 6.07) is 0.388. The average Bonchev–Trinajstić information content (AvgIpc) is 2.07. The lowest BCUT2D eigenvalue weighted by atomic mass is 9.90. The Morgan fingerprint density at radius 1 is 1.15 bits per heavy atom. The number of aliphatic hydroxyl groups excluding tert-OH is 1. The Bertz CT molecular complexity index is 124. The first-order valence-corrected chi connectivity index (χ1v) is 5.31. The molecule has 1 fully saturated rings. The molecule has 0 aliphatic heterocycles. The molecular weight excluding hydrogens is 166 g/mol. The molecular formula is C10H21NO2. The fourth-order valence-electron chi connectivity index (χ4n) is 1.56. The smallest absolute Gasteiger partial charge is 0.0604 e. The van der Waals surface area contributed by atoms with Gasteiger partial charge in [0.05, 0.1) is 6.10 Å². The maximum atomic E-state index is 8.54. The molecule has 0 radical (unpaired) electrons. The summed E-state index contributed by atoms with van der Waals surface area (Å²) in [5.41, 5.74) is 5.63. The maximum absolute atomic E-state index is 8.54. The van der Waals surface area contributed by atoms with Crippen LogP contribution in [0.3, 0.4) is 0 Å². The van der Waals surface area contributed by atoms with Crippen molar-refractivity contribution in [1.82, 2.24) is 0 Å². The zero-order chi connectivity index (χ0) is 9.52. The van der Waals surface area contributed by atoms with E-state index < -0.39 is 0 Å². The standard InChI is InChI=1S/C10H21NO2/c11-9-7-10(8-9)13-6-4-2-1-3-5-12/h9-10,12H,1-8,11H2. The Morgan fingerprint density at radius 3 is 2.46 bits per heavy atom. The van der Waals surface area contributed by atoms with Gasteiger partial charge in [0, 0.05) is 19.3 Å². The van der Waals surface area contributed by atoms with Gasteiger partial charge in [0.2, 0.25) is 0 Å². The van der Waals surface area contributed by atoms with Crippen LogP contribution >= 0.6 is 0 Å². The highest BCUT2D eigenvalue weighted by atomic mass is 16.5. The normalized spacial score (nSPS) is 27.2. The minimum atomic E-state index is 0.318. The van der Waals surface area contributed by atoms with Crippen molar-refractivity contribution in [2.75, 3.05) is 13.2 Å². The van der Waals surface area contributed by atoms with Crippen LogP contribution in [0, 0.1) is 0 Å². The van der Waals surface area contributed by atoms with E-state index in [9.17, 15) is 0 Å². The highest BCUT2D eigenvalue weighted by Gasteiger charge is 2.25. The average molecular weight is 187 g/mol. The van der Waals surface area contributed by atoms with Crippen LogP contribution < -0.4 is 5.73 Å². The molecule has 0 aromatic heterocycles. The van der Waals surface area contributed by atoms with Crippen molar-refractivity contribution >= 4 is 0 Å². The fourth-order valence-corrected chi connectivity index (χ4v) is 1.56. The third-order valence-corrected chi connectivity index (χ3v) is 2.54. The van der Waals surface area contributed by atoms with Crippen molar-refractivity contribution in [1.29, 1.82) is 0 Å². The molecule has 1 saturated carbocycles. The van der Waals surface area contributed by atoms with Gasteiger partial charge in [-0.2, -0.15) is 0 Å². The predicted octanol–water partition coefficient (Wildman–Crippen LogP) is 1.05. The van der Waals surface area contributed by atoms with E-state index >= 15 is 0 Å². The van der Waals surface area contributed by atoms with Gasteiger partial charge in [0.1, 0.15) is 0 Å². The third-order valence-electron chi connectivity index (χ3n) is 2.54. The lowest BCUT2D eigenvalue weighted by molar-refractivity contribution is -0.00991. The topological polar surface area (TPSA) is 55.5 Å². The molecule has 1 aliphatic rings. The highest BCUT2D eigenvalue weighted by Crippen LogP contribution is 2.21. The van der Waals surface area contributed by atoms with Gasteiger partial charge in [-0.1, -0.05) is 12.8 Å². The number of aliphatic hydroxyl groups is 1. The van der Waals surface area contributed by atoms with Crippen molar-refractivity contribution < 1.29 is 9.84 Å². The van der Waals surface area contributed by atoms with Gasteiger partial charge < -0.3 is 15.6 Å². The van der Waals surface area contributed by atoms with E-state index in [1.54, 1.807) is 0 Å². The van der Waals surface area contributed by atoms with Crippen LogP contribution in [0.2, 0.25) is 0 Å². The van der Waals surface area contributed by atoms with Gasteiger partial charge in [0.25, 0.3) is 0 Å². The van der Waals surface area contributed by atoms with E-state index in [0.717, 1.165) is 38.7 Å². The first-order valence-electron chi connectivity index (χ1n) is 5.31. The molecule has 0 aromatic rings. The van der Waals surface area contributed by atoms with E-state index in [1.807, 2.05) is 0 Å². The van der Waals surface area contributed by atoms with Gasteiger partial charge in [-0.15, -0.1) is 0 Å². The molecule has 0 heterocycles. The summed E-state index contributed by atoms with van der Waals surface area (Å²) in [5.74, 6) is 0. The summed E-state index contributed by atoms with van der Waals surface area (Å²) in [4.78, 5) is 0. The van der Waals surface area contributed by atoms with Crippen LogP contribution in [0.15, 0.2) is 0 Å². The van der Waals surface area contributed by atoms with Crippen LogP contribution in [-0.2, 0) is 4.74 Å². The Balaban J connectivity index is 1.74. The zero-order valence-electron chi connectivity index (χ0n) is 8.24. The van der Waals surface area contributed by atoms with Gasteiger partial charge in [0.15, 0.2) is 0 Å². The molecule has 13 heavy (non-hydrogen) atoms. The lowest BCUT2D eigenvalue weighted by Crippen LogP contribution is -2.41. The molecule has 3 nitrogen and oxygen atoms in total. The largest absolute Gasteiger partial charge is 0.396 e. The summed E-state index contributed by atoms with van der Waals surface area (Å²) >= 11 is 0. The molecule has 3 N–H and O–H groups in total. The van der Waals surface area contributed by atoms with E-state index in [1.165, 1.54) is 6.42 Å². The molecule has 78 valence electrons. The Labute approximate surface area is 80.3 Å². The summed E-state index contributed by atoms with van der Waals surface area (Å²) < 4.78 is 5.59. The Hall–Kier alpha value is -0.120. The lowest BCUT2D eigenvalue weighted by Gasteiger charge is -2.32. The zero-order valence-corrected chi connectivity index (χ0v) is 8.24. The number of rotatable bonds is 7. The Kier molecular flexibility index (Phi) is 5.35. The van der Waals surface area contributed by atoms with Crippen LogP contribution in [0.25, 0.3) is 0 Å². The van der Waals surface area contributed by atoms with E-state index in [0.29, 0.717) is 18.8 Å². The van der Waals surface area contributed by atoms with Crippen molar-refractivity contribution in [3.63, 3.8) is 0 Å². The number of unbranched alkanes of at least 4 members (excludes halogenated alkanes) is 3. The number of ether oxygens (including phenoxy) is 1. The van der Waals surface area contributed by atoms with E-state index in [4.69, 9.17) is 15.6 Å². The minimum Gasteiger partial charge on any atom is -0.396 e. The third kappa shape index (κ3) is 4.60. The molecule has 0 spiro atoms. The fraction of sp³-hybridized carbons (Fsp3) is 1.00. The van der Waals surface area contributed by atoms with Gasteiger partial charge in [-0.05, 0) is 25.7 Å². The summed E-state index contributed by atoms with van der Waals surface area (Å²) in [7, 11) is 0. The molecule has 3 heteroatoms. The van der Waals surface area contributed by atoms with Crippen molar-refractivity contribution in [2.45, 2.75) is 50.7 Å². The van der Waals surface area contributed by atoms with Gasteiger partial charge in [-0.3, -0.25) is 0 Å². The van der Waals surface area contributed by atoms with Crippen molar-refractivity contribution in [3.8, 4) is 0 Å². The molecule has 1 aliphatic carbocycles. The van der Waals surface area contributed by atoms with Crippen molar-refractivity contribution in [2.24, 2.45) is 5.73 Å². The second-order valence-corrected chi connectivity index (χ2v) is 3.86. The monoisotopic (exact) mass is 187 g/mol. The second kappa shape index (κ2) is 6.35. The molecule has 0 unspecified atom stereocenters. The number of nitrogens with two attached hydrogens (primary N) is 1.